The summed E-state index contributed by atoms with van der Waals surface area (Å²) in [5, 5.41) is 3.82. The number of rotatable bonds is 6. The Morgan fingerprint density at radius 3 is 1.13 bits per heavy atom. The fourth-order valence-electron chi connectivity index (χ4n) is 4.01. The molecule has 0 aromatic rings. The number of nitrogens with one attached hydrogen (secondary N) is 1. The largest absolute Gasteiger partial charge is 0.307 e. The van der Waals surface area contributed by atoms with E-state index in [1.807, 2.05) is 0 Å². The molecule has 0 aromatic heterocycles. The summed E-state index contributed by atoms with van der Waals surface area (Å²) in [6.45, 7) is 33.3. The topological polar surface area (TPSA) is 12.0 Å². The number of hydrogen-bond donors (Lipinski definition) is 1. The Balaban J connectivity index is 5.32. The molecule has 1 N–H and O–H groups in total. The molecule has 0 aliphatic rings. The molecular weight excluding hydrogens is 278 g/mol. The van der Waals surface area contributed by atoms with Gasteiger partial charge in [0, 0.05) is 11.1 Å². The maximum atomic E-state index is 3.82. The zero-order valence-electron chi connectivity index (χ0n) is 18.9. The molecular formula is C22H47N. The standard InChI is InChI=1S/C22H47N/c1-17(2,3)19(7,8)15-20(9,10)21(11,12)16-22(13,14)23-18(4,5)6/h23H,15-16H2,1-14H3. The molecule has 0 amide bonds. The molecule has 0 saturated carbocycles. The van der Waals surface area contributed by atoms with Gasteiger partial charge < -0.3 is 5.32 Å². The van der Waals surface area contributed by atoms with Gasteiger partial charge in [0.25, 0.3) is 0 Å². The third-order valence-electron chi connectivity index (χ3n) is 6.34. The zero-order valence-corrected chi connectivity index (χ0v) is 18.9. The lowest BCUT2D eigenvalue weighted by atomic mass is 9.54. The van der Waals surface area contributed by atoms with Gasteiger partial charge in [0.2, 0.25) is 0 Å². The molecule has 140 valence electrons. The van der Waals surface area contributed by atoms with Gasteiger partial charge in [-0.1, -0.05) is 62.3 Å². The minimum absolute atomic E-state index is 0.130. The molecule has 1 heteroatoms. The molecule has 1 nitrogen and oxygen atoms in total. The van der Waals surface area contributed by atoms with E-state index in [9.17, 15) is 0 Å². The average molecular weight is 326 g/mol. The first-order valence-electron chi connectivity index (χ1n) is 9.41. The molecule has 0 bridgehead atoms. The van der Waals surface area contributed by atoms with E-state index in [-0.39, 0.29) is 21.9 Å². The van der Waals surface area contributed by atoms with Gasteiger partial charge in [-0.3, -0.25) is 0 Å². The van der Waals surface area contributed by atoms with Gasteiger partial charge in [0.1, 0.15) is 0 Å². The van der Waals surface area contributed by atoms with Crippen LogP contribution in [0.5, 0.6) is 0 Å². The maximum Gasteiger partial charge on any atom is 0.0135 e. The van der Waals surface area contributed by atoms with Gasteiger partial charge in [-0.05, 0) is 69.1 Å². The Hall–Kier alpha value is -0.0400. The fraction of sp³-hybridized carbons (Fsp3) is 1.00. The van der Waals surface area contributed by atoms with Crippen LogP contribution in [-0.2, 0) is 0 Å². The first kappa shape index (κ1) is 23.0. The minimum atomic E-state index is 0.130. The van der Waals surface area contributed by atoms with Gasteiger partial charge in [-0.15, -0.1) is 0 Å². The van der Waals surface area contributed by atoms with Crippen LogP contribution in [0, 0.1) is 21.7 Å². The molecule has 0 saturated heterocycles. The van der Waals surface area contributed by atoms with Crippen molar-refractivity contribution in [2.75, 3.05) is 0 Å². The van der Waals surface area contributed by atoms with Crippen LogP contribution in [0.4, 0.5) is 0 Å². The highest BCUT2D eigenvalue weighted by Gasteiger charge is 2.46. The second-order valence-electron chi connectivity index (χ2n) is 12.5. The van der Waals surface area contributed by atoms with Crippen LogP contribution in [0.1, 0.15) is 110 Å². The lowest BCUT2D eigenvalue weighted by Crippen LogP contribution is -2.54. The highest BCUT2D eigenvalue weighted by atomic mass is 15.0. The van der Waals surface area contributed by atoms with E-state index in [0.29, 0.717) is 10.8 Å². The van der Waals surface area contributed by atoms with Gasteiger partial charge in [0.05, 0.1) is 0 Å². The Morgan fingerprint density at radius 2 is 0.826 bits per heavy atom. The van der Waals surface area contributed by atoms with Crippen LogP contribution in [0.25, 0.3) is 0 Å². The Labute approximate surface area is 148 Å². The summed E-state index contributed by atoms with van der Waals surface area (Å²) in [4.78, 5) is 0. The summed E-state index contributed by atoms with van der Waals surface area (Å²) in [5.41, 5.74) is 1.45. The molecule has 0 rings (SSSR count). The van der Waals surface area contributed by atoms with Gasteiger partial charge in [-0.2, -0.15) is 0 Å². The molecule has 0 fully saturated rings. The van der Waals surface area contributed by atoms with Crippen LogP contribution < -0.4 is 5.32 Å². The average Bonchev–Trinajstić information content (AvgIpc) is 2.05. The van der Waals surface area contributed by atoms with Crippen molar-refractivity contribution in [3.05, 3.63) is 0 Å². The second kappa shape index (κ2) is 6.36. The molecule has 0 unspecified atom stereocenters. The van der Waals surface area contributed by atoms with E-state index in [2.05, 4.69) is 102 Å². The SMILES string of the molecule is CC(C)(C)NC(C)(C)CC(C)(C)C(C)(C)CC(C)(C)C(C)(C)C. The van der Waals surface area contributed by atoms with E-state index in [1.165, 1.54) is 12.8 Å². The van der Waals surface area contributed by atoms with Crippen LogP contribution in [0.3, 0.4) is 0 Å². The maximum absolute atomic E-state index is 3.82. The van der Waals surface area contributed by atoms with E-state index in [1.54, 1.807) is 0 Å². The predicted octanol–water partition coefficient (Wildman–Crippen LogP) is 7.06. The summed E-state index contributed by atoms with van der Waals surface area (Å²) in [7, 11) is 0. The van der Waals surface area contributed by atoms with Crippen LogP contribution in [0.2, 0.25) is 0 Å². The monoisotopic (exact) mass is 325 g/mol. The van der Waals surface area contributed by atoms with E-state index >= 15 is 0 Å². The van der Waals surface area contributed by atoms with E-state index in [4.69, 9.17) is 0 Å². The summed E-state index contributed by atoms with van der Waals surface area (Å²) in [6, 6.07) is 0. The molecule has 0 atom stereocenters. The summed E-state index contributed by atoms with van der Waals surface area (Å²) >= 11 is 0. The van der Waals surface area contributed by atoms with Crippen LogP contribution >= 0.6 is 0 Å². The van der Waals surface area contributed by atoms with Crippen molar-refractivity contribution < 1.29 is 0 Å². The first-order chi connectivity index (χ1) is 9.62. The third-order valence-corrected chi connectivity index (χ3v) is 6.34. The summed E-state index contributed by atoms with van der Waals surface area (Å²) in [5.74, 6) is 0. The lowest BCUT2D eigenvalue weighted by molar-refractivity contribution is -0.0153. The van der Waals surface area contributed by atoms with Gasteiger partial charge in [-0.25, -0.2) is 0 Å². The number of hydrogen-bond acceptors (Lipinski definition) is 1. The normalized spacial score (nSPS) is 15.9. The highest BCUT2D eigenvalue weighted by Crippen LogP contribution is 2.54. The van der Waals surface area contributed by atoms with Gasteiger partial charge in [0.15, 0.2) is 0 Å². The summed E-state index contributed by atoms with van der Waals surface area (Å²) in [6.07, 6.45) is 2.41. The second-order valence-corrected chi connectivity index (χ2v) is 12.5. The zero-order chi connectivity index (χ0) is 19.1. The molecule has 0 spiro atoms. The lowest BCUT2D eigenvalue weighted by Gasteiger charge is -2.53. The fourth-order valence-corrected chi connectivity index (χ4v) is 4.01. The quantitative estimate of drug-likeness (QED) is 0.551. The molecule has 23 heavy (non-hydrogen) atoms. The van der Waals surface area contributed by atoms with E-state index < -0.39 is 0 Å². The molecule has 0 aliphatic heterocycles. The van der Waals surface area contributed by atoms with Crippen LogP contribution in [-0.4, -0.2) is 11.1 Å². The van der Waals surface area contributed by atoms with Gasteiger partial charge >= 0.3 is 0 Å². The van der Waals surface area contributed by atoms with Crippen molar-refractivity contribution in [1.82, 2.24) is 5.32 Å². The third kappa shape index (κ3) is 6.77. The summed E-state index contributed by atoms with van der Waals surface area (Å²) < 4.78 is 0. The molecule has 0 aromatic carbocycles. The Kier molecular flexibility index (Phi) is 6.34. The smallest absolute Gasteiger partial charge is 0.0135 e. The van der Waals surface area contributed by atoms with Crippen molar-refractivity contribution in [1.29, 1.82) is 0 Å². The Bertz CT molecular complexity index is 383. The van der Waals surface area contributed by atoms with Crippen molar-refractivity contribution in [2.45, 2.75) is 121 Å². The van der Waals surface area contributed by atoms with Crippen molar-refractivity contribution >= 4 is 0 Å². The van der Waals surface area contributed by atoms with Crippen LogP contribution in [0.15, 0.2) is 0 Å². The predicted molar refractivity (Wildman–Crippen MR) is 107 cm³/mol. The first-order valence-corrected chi connectivity index (χ1v) is 9.41. The minimum Gasteiger partial charge on any atom is -0.307 e. The van der Waals surface area contributed by atoms with Crippen molar-refractivity contribution in [3.8, 4) is 0 Å². The van der Waals surface area contributed by atoms with Crippen molar-refractivity contribution in [2.24, 2.45) is 21.7 Å². The van der Waals surface area contributed by atoms with Crippen molar-refractivity contribution in [3.63, 3.8) is 0 Å². The molecule has 0 heterocycles. The molecule has 0 aliphatic carbocycles. The highest BCUT2D eigenvalue weighted by molar-refractivity contribution is 4.98. The molecule has 0 radical (unpaired) electrons. The Morgan fingerprint density at radius 1 is 0.478 bits per heavy atom. The van der Waals surface area contributed by atoms with E-state index in [0.717, 1.165) is 0 Å².